The molecule has 2 aliphatic rings. The first kappa shape index (κ1) is 20.8. The molecule has 1 saturated heterocycles. The first-order valence-electron chi connectivity index (χ1n) is 10.7. The normalized spacial score (nSPS) is 16.7. The Kier molecular flexibility index (Phi) is 5.53. The quantitative estimate of drug-likeness (QED) is 0.545. The minimum atomic E-state index is -0.379. The Morgan fingerprint density at radius 3 is 2.44 bits per heavy atom. The van der Waals surface area contributed by atoms with Gasteiger partial charge in [0, 0.05) is 37.6 Å². The summed E-state index contributed by atoms with van der Waals surface area (Å²) >= 11 is 1.79. The molecule has 1 aromatic heterocycles. The van der Waals surface area contributed by atoms with Gasteiger partial charge in [-0.05, 0) is 53.8 Å². The van der Waals surface area contributed by atoms with Crippen LogP contribution in [0.5, 0.6) is 0 Å². The number of imide groups is 1. The molecule has 164 valence electrons. The number of piperazine rings is 1. The minimum Gasteiger partial charge on any atom is -0.368 e. The van der Waals surface area contributed by atoms with E-state index in [-0.39, 0.29) is 24.2 Å². The van der Waals surface area contributed by atoms with Gasteiger partial charge in [-0.25, -0.2) is 4.39 Å². The maximum absolute atomic E-state index is 13.6. The first-order chi connectivity index (χ1) is 15.5. The summed E-state index contributed by atoms with van der Waals surface area (Å²) in [5, 5.41) is 2.13. The van der Waals surface area contributed by atoms with Crippen LogP contribution in [0.2, 0.25) is 0 Å². The zero-order valence-corrected chi connectivity index (χ0v) is 18.7. The third-order valence-electron chi connectivity index (χ3n) is 6.26. The molecule has 2 amide bonds. The van der Waals surface area contributed by atoms with Crippen LogP contribution in [0.1, 0.15) is 36.7 Å². The summed E-state index contributed by atoms with van der Waals surface area (Å²) in [4.78, 5) is 33.5. The molecule has 5 rings (SSSR count). The fraction of sp³-hybridized carbons (Fsp3) is 0.280. The molecular formula is C25H24FN3O2S. The van der Waals surface area contributed by atoms with E-state index in [0.29, 0.717) is 16.7 Å². The van der Waals surface area contributed by atoms with Crippen LogP contribution < -0.4 is 4.90 Å². The highest BCUT2D eigenvalue weighted by Crippen LogP contribution is 2.33. The zero-order valence-electron chi connectivity index (χ0n) is 17.9. The van der Waals surface area contributed by atoms with E-state index in [1.54, 1.807) is 29.5 Å². The monoisotopic (exact) mass is 449 g/mol. The standard InChI is InChI=1S/C25H24FN3O2S/c1-17-8-13-32-22(17)16-27-9-11-28(12-10-27)21-7-3-6-20-23(21)25(31)29(24(20)30)15-18-4-2-5-19(26)14-18/h2-8,13-14H,9-12,15-16H2,1H3. The van der Waals surface area contributed by atoms with Crippen molar-refractivity contribution in [3.8, 4) is 0 Å². The van der Waals surface area contributed by atoms with Crippen molar-refractivity contribution < 1.29 is 14.0 Å². The number of aryl methyl sites for hydroxylation is 1. The Bertz CT molecular complexity index is 1180. The number of carbonyl (C=O) groups excluding carboxylic acids is 2. The summed E-state index contributed by atoms with van der Waals surface area (Å²) in [6.45, 7) is 6.55. The Balaban J connectivity index is 1.33. The van der Waals surface area contributed by atoms with Gasteiger partial charge in [0.1, 0.15) is 5.82 Å². The maximum Gasteiger partial charge on any atom is 0.263 e. The van der Waals surface area contributed by atoms with Crippen LogP contribution in [-0.2, 0) is 13.1 Å². The van der Waals surface area contributed by atoms with Crippen molar-refractivity contribution in [1.29, 1.82) is 0 Å². The van der Waals surface area contributed by atoms with Gasteiger partial charge in [-0.15, -0.1) is 11.3 Å². The average Bonchev–Trinajstić information content (AvgIpc) is 3.30. The van der Waals surface area contributed by atoms with Gasteiger partial charge in [-0.3, -0.25) is 19.4 Å². The van der Waals surface area contributed by atoms with Crippen LogP contribution >= 0.6 is 11.3 Å². The second kappa shape index (κ2) is 8.48. The van der Waals surface area contributed by atoms with Crippen molar-refractivity contribution in [2.75, 3.05) is 31.1 Å². The van der Waals surface area contributed by atoms with Gasteiger partial charge in [0.25, 0.3) is 11.8 Å². The number of hydrogen-bond donors (Lipinski definition) is 0. The summed E-state index contributed by atoms with van der Waals surface area (Å²) in [6, 6.07) is 13.7. The van der Waals surface area contributed by atoms with E-state index in [1.165, 1.54) is 27.5 Å². The van der Waals surface area contributed by atoms with Crippen LogP contribution in [0.15, 0.2) is 53.9 Å². The largest absolute Gasteiger partial charge is 0.368 e. The third kappa shape index (κ3) is 3.82. The van der Waals surface area contributed by atoms with Crippen molar-refractivity contribution in [2.45, 2.75) is 20.0 Å². The number of fused-ring (bicyclic) bond motifs is 1. The second-order valence-electron chi connectivity index (χ2n) is 8.32. The molecule has 5 nitrogen and oxygen atoms in total. The molecule has 7 heteroatoms. The summed E-state index contributed by atoms with van der Waals surface area (Å²) < 4.78 is 13.6. The highest BCUT2D eigenvalue weighted by atomic mass is 32.1. The van der Waals surface area contributed by atoms with Crippen molar-refractivity contribution in [2.24, 2.45) is 0 Å². The molecule has 2 aromatic carbocycles. The molecule has 3 aromatic rings. The fourth-order valence-electron chi connectivity index (χ4n) is 4.46. The van der Waals surface area contributed by atoms with E-state index in [0.717, 1.165) is 38.4 Å². The molecule has 3 heterocycles. The van der Waals surface area contributed by atoms with Crippen molar-refractivity contribution >= 4 is 28.8 Å². The molecule has 2 aliphatic heterocycles. The highest BCUT2D eigenvalue weighted by Gasteiger charge is 2.38. The summed E-state index contributed by atoms with van der Waals surface area (Å²) in [7, 11) is 0. The number of carbonyl (C=O) groups is 2. The maximum atomic E-state index is 13.6. The van der Waals surface area contributed by atoms with Gasteiger partial charge in [-0.2, -0.15) is 0 Å². The number of amides is 2. The lowest BCUT2D eigenvalue weighted by atomic mass is 10.1. The van der Waals surface area contributed by atoms with E-state index < -0.39 is 0 Å². The van der Waals surface area contributed by atoms with Crippen molar-refractivity contribution in [3.63, 3.8) is 0 Å². The van der Waals surface area contributed by atoms with Gasteiger partial charge < -0.3 is 4.90 Å². The predicted octanol–water partition coefficient (Wildman–Crippen LogP) is 4.31. The van der Waals surface area contributed by atoms with E-state index >= 15 is 0 Å². The minimum absolute atomic E-state index is 0.0670. The predicted molar refractivity (Wildman–Crippen MR) is 124 cm³/mol. The van der Waals surface area contributed by atoms with Crippen LogP contribution in [0.25, 0.3) is 0 Å². The fourth-order valence-corrected chi connectivity index (χ4v) is 5.40. The number of rotatable bonds is 5. The number of halogens is 1. The topological polar surface area (TPSA) is 43.9 Å². The number of benzene rings is 2. The number of hydrogen-bond acceptors (Lipinski definition) is 5. The lowest BCUT2D eigenvalue weighted by molar-refractivity contribution is 0.0642. The van der Waals surface area contributed by atoms with Gasteiger partial charge in [0.15, 0.2) is 0 Å². The Labute approximate surface area is 190 Å². The number of thiophene rings is 1. The number of anilines is 1. The molecule has 0 unspecified atom stereocenters. The SMILES string of the molecule is Cc1ccsc1CN1CCN(c2cccc3c2C(=O)N(Cc2cccc(F)c2)C3=O)CC1. The molecular weight excluding hydrogens is 425 g/mol. The van der Waals surface area contributed by atoms with Crippen molar-refractivity contribution in [1.82, 2.24) is 9.80 Å². The average molecular weight is 450 g/mol. The molecule has 0 radical (unpaired) electrons. The summed E-state index contributed by atoms with van der Waals surface area (Å²) in [5.74, 6) is -1.00. The van der Waals surface area contributed by atoms with E-state index in [4.69, 9.17) is 0 Å². The molecule has 0 N–H and O–H groups in total. The van der Waals surface area contributed by atoms with Crippen molar-refractivity contribution in [3.05, 3.63) is 86.9 Å². The third-order valence-corrected chi connectivity index (χ3v) is 7.26. The smallest absolute Gasteiger partial charge is 0.263 e. The lowest BCUT2D eigenvalue weighted by Crippen LogP contribution is -2.46. The molecule has 0 aliphatic carbocycles. The molecule has 0 bridgehead atoms. The van der Waals surface area contributed by atoms with Crippen LogP contribution in [-0.4, -0.2) is 47.8 Å². The lowest BCUT2D eigenvalue weighted by Gasteiger charge is -2.36. The Morgan fingerprint density at radius 1 is 0.938 bits per heavy atom. The Hall–Kier alpha value is -3.03. The van der Waals surface area contributed by atoms with Crippen LogP contribution in [0, 0.1) is 12.7 Å². The summed E-state index contributed by atoms with van der Waals surface area (Å²) in [5.41, 5.74) is 3.64. The van der Waals surface area contributed by atoms with Gasteiger partial charge in [0.05, 0.1) is 23.4 Å². The van der Waals surface area contributed by atoms with Crippen LogP contribution in [0.4, 0.5) is 10.1 Å². The molecule has 0 atom stereocenters. The molecule has 0 saturated carbocycles. The summed E-state index contributed by atoms with van der Waals surface area (Å²) in [6.07, 6.45) is 0. The first-order valence-corrected chi connectivity index (χ1v) is 11.6. The van der Waals surface area contributed by atoms with Gasteiger partial charge in [0.2, 0.25) is 0 Å². The van der Waals surface area contributed by atoms with Gasteiger partial charge in [-0.1, -0.05) is 18.2 Å². The van der Waals surface area contributed by atoms with Crippen LogP contribution in [0.3, 0.4) is 0 Å². The van der Waals surface area contributed by atoms with Gasteiger partial charge >= 0.3 is 0 Å². The molecule has 32 heavy (non-hydrogen) atoms. The molecule has 1 fully saturated rings. The van der Waals surface area contributed by atoms with E-state index in [9.17, 15) is 14.0 Å². The second-order valence-corrected chi connectivity index (χ2v) is 9.32. The van der Waals surface area contributed by atoms with E-state index in [2.05, 4.69) is 28.2 Å². The van der Waals surface area contributed by atoms with E-state index in [1.807, 2.05) is 12.1 Å². The Morgan fingerprint density at radius 2 is 1.72 bits per heavy atom. The highest BCUT2D eigenvalue weighted by molar-refractivity contribution is 7.10. The molecule has 0 spiro atoms. The zero-order chi connectivity index (χ0) is 22.2. The number of nitrogens with zero attached hydrogens (tertiary/aromatic N) is 3.